The molecule has 31 heavy (non-hydrogen) atoms. The molecule has 0 unspecified atom stereocenters. The summed E-state index contributed by atoms with van der Waals surface area (Å²) in [5.41, 5.74) is 0. The van der Waals surface area contributed by atoms with Crippen molar-refractivity contribution in [3.8, 4) is 0 Å². The van der Waals surface area contributed by atoms with Crippen molar-refractivity contribution in [1.82, 2.24) is 0 Å². The van der Waals surface area contributed by atoms with Crippen molar-refractivity contribution in [1.29, 1.82) is 0 Å². The molecule has 0 aromatic carbocycles. The van der Waals surface area contributed by atoms with E-state index in [1.165, 1.54) is 58.9 Å². The maximum atomic E-state index is 12.6. The van der Waals surface area contributed by atoms with Crippen LogP contribution in [0.2, 0.25) is 13.3 Å². The number of unbranched alkanes of at least 4 members (excludes halogenated alkanes) is 6. The van der Waals surface area contributed by atoms with E-state index in [0.717, 1.165) is 44.9 Å². The monoisotopic (exact) mass is 542 g/mol. The zero-order valence-corrected chi connectivity index (χ0v) is 23.9. The zero-order valence-electron chi connectivity index (χ0n) is 21.1. The standard InChI is InChI=1S/C15H23O3.3C4H9.Sn/c1-3-12-10-11-14(16)13(12)8-6-4-5-7-9-15(17)18-2;3*1-3-4-2;/h1,3,12-13H,4-11H2,2H3;3*1,3-4H2,2H3;/t12-,13+;;;;/m1..../s1. The molecule has 0 aromatic rings. The Labute approximate surface area is 197 Å². The summed E-state index contributed by atoms with van der Waals surface area (Å²) in [5.74, 6) is 1.13. The first-order valence-corrected chi connectivity index (χ1v) is 21.0. The number of Topliss-reactive ketones (excluding diaryl/α,β-unsaturated/α-hetero) is 1. The quantitative estimate of drug-likeness (QED) is 0.100. The molecule has 3 nitrogen and oxygen atoms in total. The molecular weight excluding hydrogens is 491 g/mol. The van der Waals surface area contributed by atoms with Crippen LogP contribution in [0.3, 0.4) is 0 Å². The molecule has 0 N–H and O–H groups in total. The van der Waals surface area contributed by atoms with E-state index in [4.69, 9.17) is 4.74 Å². The van der Waals surface area contributed by atoms with E-state index in [-0.39, 0.29) is 11.9 Å². The minimum atomic E-state index is -2.26. The summed E-state index contributed by atoms with van der Waals surface area (Å²) in [5, 5.41) is 0. The number of esters is 1. The molecule has 1 rings (SSSR count). The SMILES string of the molecule is CCC[CH2][Sn]([CH]=C[C@@H]1CCC(=O)[C@H]1CCCCCCC(=O)OC)([CH2]CCC)[CH2]CCC. The first kappa shape index (κ1) is 28.7. The molecule has 0 aromatic heterocycles. The summed E-state index contributed by atoms with van der Waals surface area (Å²) in [7, 11) is 1.45. The molecule has 1 aliphatic rings. The molecular formula is C27H50O3Sn. The van der Waals surface area contributed by atoms with Crippen LogP contribution in [0.4, 0.5) is 0 Å². The Bertz CT molecular complexity index is 507. The number of ketones is 1. The zero-order chi connectivity index (χ0) is 23.0. The fourth-order valence-corrected chi connectivity index (χ4v) is 19.7. The first-order valence-electron chi connectivity index (χ1n) is 13.3. The van der Waals surface area contributed by atoms with Gasteiger partial charge in [0.15, 0.2) is 0 Å². The van der Waals surface area contributed by atoms with Gasteiger partial charge in [0.2, 0.25) is 0 Å². The Morgan fingerprint density at radius 2 is 1.52 bits per heavy atom. The van der Waals surface area contributed by atoms with Crippen molar-refractivity contribution in [2.24, 2.45) is 11.8 Å². The number of allylic oxidation sites excluding steroid dienone is 1. The van der Waals surface area contributed by atoms with Gasteiger partial charge in [0.1, 0.15) is 0 Å². The average molecular weight is 541 g/mol. The molecule has 0 heterocycles. The summed E-state index contributed by atoms with van der Waals surface area (Å²) in [4.78, 5) is 23.8. The van der Waals surface area contributed by atoms with E-state index in [1.807, 2.05) is 0 Å². The molecule has 2 atom stereocenters. The molecule has 4 heteroatoms. The van der Waals surface area contributed by atoms with Crippen LogP contribution in [0.15, 0.2) is 10.2 Å². The Morgan fingerprint density at radius 1 is 0.935 bits per heavy atom. The van der Waals surface area contributed by atoms with Gasteiger partial charge >= 0.3 is 190 Å². The third kappa shape index (κ3) is 11.4. The fourth-order valence-electron chi connectivity index (χ4n) is 5.17. The Hall–Kier alpha value is -0.321. The molecule has 180 valence electrons. The number of carbonyl (C=O) groups excluding carboxylic acids is 2. The second kappa shape index (κ2) is 17.2. The van der Waals surface area contributed by atoms with E-state index < -0.39 is 18.4 Å². The van der Waals surface area contributed by atoms with E-state index in [1.54, 1.807) is 0 Å². The number of rotatable bonds is 18. The normalized spacial score (nSPS) is 19.4. The van der Waals surface area contributed by atoms with Gasteiger partial charge in [0.25, 0.3) is 0 Å². The predicted octanol–water partition coefficient (Wildman–Crippen LogP) is 8.04. The Balaban J connectivity index is 2.67. The van der Waals surface area contributed by atoms with Gasteiger partial charge in [-0.1, -0.05) is 0 Å². The summed E-state index contributed by atoms with van der Waals surface area (Å²) < 4.78 is 12.0. The van der Waals surface area contributed by atoms with Crippen LogP contribution in [0.25, 0.3) is 0 Å². The van der Waals surface area contributed by atoms with Crippen molar-refractivity contribution in [2.45, 2.75) is 124 Å². The number of ether oxygens (including phenoxy) is 1. The summed E-state index contributed by atoms with van der Waals surface area (Å²) >= 11 is -2.26. The molecule has 0 bridgehead atoms. The third-order valence-corrected chi connectivity index (χ3v) is 21.4. The first-order chi connectivity index (χ1) is 15.0. The third-order valence-electron chi connectivity index (χ3n) is 7.31. The number of hydrogen-bond acceptors (Lipinski definition) is 3. The van der Waals surface area contributed by atoms with Gasteiger partial charge in [-0.05, 0) is 0 Å². The minimum absolute atomic E-state index is 0.111. The van der Waals surface area contributed by atoms with E-state index in [9.17, 15) is 9.59 Å². The van der Waals surface area contributed by atoms with Gasteiger partial charge in [-0.15, -0.1) is 0 Å². The van der Waals surface area contributed by atoms with Crippen LogP contribution in [-0.4, -0.2) is 37.2 Å². The van der Waals surface area contributed by atoms with Crippen molar-refractivity contribution in [3.63, 3.8) is 0 Å². The summed E-state index contributed by atoms with van der Waals surface area (Å²) in [6.45, 7) is 6.99. The second-order valence-electron chi connectivity index (χ2n) is 9.84. The van der Waals surface area contributed by atoms with Gasteiger partial charge in [0.05, 0.1) is 7.11 Å². The van der Waals surface area contributed by atoms with Crippen molar-refractivity contribution >= 4 is 30.1 Å². The molecule has 0 aliphatic heterocycles. The maximum absolute atomic E-state index is 12.6. The predicted molar refractivity (Wildman–Crippen MR) is 135 cm³/mol. The second-order valence-corrected chi connectivity index (χ2v) is 22.8. The molecule has 0 saturated heterocycles. The Kier molecular flexibility index (Phi) is 15.9. The van der Waals surface area contributed by atoms with Crippen LogP contribution < -0.4 is 0 Å². The van der Waals surface area contributed by atoms with Gasteiger partial charge < -0.3 is 0 Å². The van der Waals surface area contributed by atoms with Crippen molar-refractivity contribution in [3.05, 3.63) is 10.2 Å². The van der Waals surface area contributed by atoms with Crippen LogP contribution in [-0.2, 0) is 14.3 Å². The number of carbonyl (C=O) groups is 2. The van der Waals surface area contributed by atoms with Gasteiger partial charge in [-0.25, -0.2) is 0 Å². The molecule has 0 radical (unpaired) electrons. The number of methoxy groups -OCH3 is 1. The topological polar surface area (TPSA) is 43.4 Å². The van der Waals surface area contributed by atoms with Gasteiger partial charge in [-0.2, -0.15) is 0 Å². The molecule has 0 amide bonds. The molecule has 0 spiro atoms. The van der Waals surface area contributed by atoms with Gasteiger partial charge in [-0.3, -0.25) is 0 Å². The van der Waals surface area contributed by atoms with E-state index in [2.05, 4.69) is 30.9 Å². The van der Waals surface area contributed by atoms with E-state index in [0.29, 0.717) is 18.1 Å². The van der Waals surface area contributed by atoms with Crippen LogP contribution in [0.5, 0.6) is 0 Å². The number of hydrogen-bond donors (Lipinski definition) is 0. The van der Waals surface area contributed by atoms with Crippen molar-refractivity contribution < 1.29 is 14.3 Å². The summed E-state index contributed by atoms with van der Waals surface area (Å²) in [6, 6.07) is 0. The molecule has 1 fully saturated rings. The molecule has 1 aliphatic carbocycles. The van der Waals surface area contributed by atoms with Crippen LogP contribution in [0, 0.1) is 11.8 Å². The average Bonchev–Trinajstić information content (AvgIpc) is 3.14. The molecule has 1 saturated carbocycles. The van der Waals surface area contributed by atoms with Gasteiger partial charge in [0, 0.05) is 0 Å². The summed E-state index contributed by atoms with van der Waals surface area (Å²) in [6.07, 6.45) is 18.3. The Morgan fingerprint density at radius 3 is 2.06 bits per heavy atom. The van der Waals surface area contributed by atoms with Crippen LogP contribution in [0.1, 0.15) is 111 Å². The van der Waals surface area contributed by atoms with E-state index >= 15 is 0 Å². The van der Waals surface area contributed by atoms with Crippen molar-refractivity contribution in [2.75, 3.05) is 7.11 Å². The van der Waals surface area contributed by atoms with Crippen LogP contribution >= 0.6 is 0 Å². The fraction of sp³-hybridized carbons (Fsp3) is 0.852.